The number of aryl methyl sites for hydroxylation is 4. The van der Waals surface area contributed by atoms with Crippen LogP contribution in [0.1, 0.15) is 85.8 Å². The Bertz CT molecular complexity index is 2420. The third-order valence-electron chi connectivity index (χ3n) is 11.4. The molecule has 1 aliphatic heterocycles. The van der Waals surface area contributed by atoms with Gasteiger partial charge in [-0.2, -0.15) is 10.2 Å². The molecule has 0 saturated heterocycles. The zero-order valence-corrected chi connectivity index (χ0v) is 37.7. The van der Waals surface area contributed by atoms with Crippen LogP contribution in [0, 0.1) is 0 Å². The third-order valence-corrected chi connectivity index (χ3v) is 17.7. The van der Waals surface area contributed by atoms with E-state index in [0.29, 0.717) is 41.7 Å². The van der Waals surface area contributed by atoms with Crippen LogP contribution in [0.2, 0.25) is 10.1 Å². The van der Waals surface area contributed by atoms with Crippen LogP contribution >= 0.6 is 23.4 Å². The number of hydrogen-bond donors (Lipinski definition) is 0. The van der Waals surface area contributed by atoms with Crippen molar-refractivity contribution in [3.63, 3.8) is 0 Å². The Hall–Kier alpha value is -4.62. The van der Waals surface area contributed by atoms with Crippen molar-refractivity contribution in [3.8, 4) is 11.1 Å². The Kier molecular flexibility index (Phi) is 12.9. The summed E-state index contributed by atoms with van der Waals surface area (Å²) in [4.78, 5) is 24.8. The lowest BCUT2D eigenvalue weighted by Crippen LogP contribution is -2.66. The van der Waals surface area contributed by atoms with E-state index >= 15 is 0 Å². The maximum absolute atomic E-state index is 13.3. The van der Waals surface area contributed by atoms with Gasteiger partial charge in [0.2, 0.25) is 0 Å². The molecule has 3 aromatic heterocycles. The van der Waals surface area contributed by atoms with Crippen molar-refractivity contribution in [3.05, 3.63) is 118 Å². The van der Waals surface area contributed by atoms with E-state index in [1.807, 2.05) is 35.5 Å². The van der Waals surface area contributed by atoms with Crippen LogP contribution in [0.5, 0.6) is 0 Å². The van der Waals surface area contributed by atoms with E-state index in [1.165, 1.54) is 30.1 Å². The lowest BCUT2D eigenvalue weighted by molar-refractivity contribution is -0.141. The van der Waals surface area contributed by atoms with Crippen molar-refractivity contribution in [1.82, 2.24) is 24.1 Å². The average Bonchev–Trinajstić information content (AvgIpc) is 3.86. The van der Waals surface area contributed by atoms with Crippen molar-refractivity contribution in [2.24, 2.45) is 14.1 Å². The van der Waals surface area contributed by atoms with Crippen LogP contribution in [0.4, 0.5) is 0 Å². The molecule has 13 heteroatoms. The van der Waals surface area contributed by atoms with Gasteiger partial charge in [0.1, 0.15) is 5.69 Å². The summed E-state index contributed by atoms with van der Waals surface area (Å²) < 4.78 is 23.8. The van der Waals surface area contributed by atoms with Crippen LogP contribution in [-0.4, -0.2) is 58.1 Å². The maximum Gasteiger partial charge on any atom is 0.354 e. The molecule has 59 heavy (non-hydrogen) atoms. The second-order valence-corrected chi connectivity index (χ2v) is 22.0. The minimum Gasteiger partial charge on any atom is -0.466 e. The number of aromatic nitrogens is 5. The first kappa shape index (κ1) is 42.5. The Labute approximate surface area is 357 Å². The number of carbonyl (C=O) groups is 2. The molecule has 310 valence electrons. The van der Waals surface area contributed by atoms with E-state index in [0.717, 1.165) is 70.5 Å². The molecule has 0 aliphatic carbocycles. The Morgan fingerprint density at radius 2 is 1.61 bits per heavy atom. The number of ether oxygens (including phenoxy) is 2. The fourth-order valence-electron chi connectivity index (χ4n) is 8.82. The molecule has 3 aromatic carbocycles. The molecule has 10 nitrogen and oxygen atoms in total. The van der Waals surface area contributed by atoms with Crippen molar-refractivity contribution in [2.45, 2.75) is 89.5 Å². The molecule has 0 fully saturated rings. The normalized spacial score (nSPS) is 13.2. The van der Waals surface area contributed by atoms with Gasteiger partial charge in [0, 0.05) is 61.3 Å². The number of rotatable bonds is 15. The highest BCUT2D eigenvalue weighted by atomic mass is 35.5. The highest BCUT2D eigenvalue weighted by Gasteiger charge is 2.50. The molecule has 0 atom stereocenters. The second kappa shape index (κ2) is 17.9. The van der Waals surface area contributed by atoms with Gasteiger partial charge >= 0.3 is 11.9 Å². The predicted molar refractivity (Wildman–Crippen MR) is 239 cm³/mol. The van der Waals surface area contributed by atoms with Crippen molar-refractivity contribution < 1.29 is 23.5 Å². The largest absolute Gasteiger partial charge is 0.466 e. The molecule has 0 radical (unpaired) electrons. The van der Waals surface area contributed by atoms with Gasteiger partial charge in [-0.25, -0.2) is 4.79 Å². The summed E-state index contributed by atoms with van der Waals surface area (Å²) in [5.74, 6) is 0.587. The molecule has 0 saturated carbocycles. The summed E-state index contributed by atoms with van der Waals surface area (Å²) in [5.41, 5.74) is 8.23. The summed E-state index contributed by atoms with van der Waals surface area (Å²) in [5, 5.41) is 14.0. The molecule has 1 aliphatic rings. The first-order valence-corrected chi connectivity index (χ1v) is 23.7. The van der Waals surface area contributed by atoms with Gasteiger partial charge in [-0.15, -0.1) is 11.8 Å². The van der Waals surface area contributed by atoms with E-state index in [1.54, 1.807) is 11.8 Å². The average molecular weight is 853 g/mol. The van der Waals surface area contributed by atoms with E-state index in [9.17, 15) is 9.59 Å². The number of hydrogen-bond acceptors (Lipinski definition) is 8. The number of halogens is 1. The van der Waals surface area contributed by atoms with Gasteiger partial charge in [0.15, 0.2) is 0 Å². The van der Waals surface area contributed by atoms with Gasteiger partial charge in [-0.1, -0.05) is 99.1 Å². The lowest BCUT2D eigenvalue weighted by Gasteiger charge is -2.43. The summed E-state index contributed by atoms with van der Waals surface area (Å²) in [6, 6.07) is 27.5. The molecular weight excluding hydrogens is 798 g/mol. The molecule has 0 unspecified atom stereocenters. The second-order valence-electron chi connectivity index (χ2n) is 16.3. The Morgan fingerprint density at radius 3 is 2.25 bits per heavy atom. The number of nitrogens with zero attached hydrogens (tertiary/aromatic N) is 5. The summed E-state index contributed by atoms with van der Waals surface area (Å²) in [7, 11) is 2.56. The van der Waals surface area contributed by atoms with Gasteiger partial charge < -0.3 is 18.5 Å². The Morgan fingerprint density at radius 1 is 0.915 bits per heavy atom. The van der Waals surface area contributed by atoms with Crippen LogP contribution in [-0.2, 0) is 70.3 Å². The minimum atomic E-state index is -2.72. The first-order valence-electron chi connectivity index (χ1n) is 20.3. The zero-order chi connectivity index (χ0) is 41.9. The highest BCUT2D eigenvalue weighted by Crippen LogP contribution is 2.44. The van der Waals surface area contributed by atoms with E-state index < -0.39 is 14.3 Å². The van der Waals surface area contributed by atoms with Crippen molar-refractivity contribution >= 4 is 64.9 Å². The highest BCUT2D eigenvalue weighted by molar-refractivity contribution is 7.97. The minimum absolute atomic E-state index is 0.130. The lowest BCUT2D eigenvalue weighted by atomic mass is 9.95. The standard InChI is InChI=1S/C46H54ClN5O5SSi/c1-31(53)56-26-16-21-36-37-23-24-38(47)41(43(37)50(5)44(36)45(54)55-7)42-39(49-52-25-15-14-22-40(42)52)30-58-29-32-27-33(51(6)48-32)28-57-59(46(2,3)4,34-17-10-8-11-18-34)35-19-12-9-13-20-35/h8-13,17-20,23-24,27H,14-16,21-22,25-26,28-30H2,1-7H3. The molecule has 0 amide bonds. The van der Waals surface area contributed by atoms with Gasteiger partial charge in [-0.3, -0.25) is 14.2 Å². The van der Waals surface area contributed by atoms with Crippen LogP contribution in [0.15, 0.2) is 78.9 Å². The SMILES string of the molecule is COC(=O)c1c(CCCOC(C)=O)c2ccc(Cl)c(-c3c(CSCc4cc(CO[Si](c5ccccc5)(c5ccccc5)C(C)(C)C)n(C)n4)nn4c3CCCC4)c2n1C. The smallest absolute Gasteiger partial charge is 0.354 e. The van der Waals surface area contributed by atoms with Crippen molar-refractivity contribution in [2.75, 3.05) is 13.7 Å². The summed E-state index contributed by atoms with van der Waals surface area (Å²) in [6.07, 6.45) is 4.10. The topological polar surface area (TPSA) is 102 Å². The molecule has 0 spiro atoms. The van der Waals surface area contributed by atoms with Crippen LogP contribution < -0.4 is 10.4 Å². The molecule has 7 rings (SSSR count). The number of fused-ring (bicyclic) bond motifs is 2. The zero-order valence-electron chi connectivity index (χ0n) is 35.1. The summed E-state index contributed by atoms with van der Waals surface area (Å²) >= 11 is 8.96. The number of thioether (sulfide) groups is 1. The Balaban J connectivity index is 1.17. The van der Waals surface area contributed by atoms with E-state index in [-0.39, 0.29) is 17.6 Å². The first-order chi connectivity index (χ1) is 28.4. The maximum atomic E-state index is 13.3. The van der Waals surface area contributed by atoms with E-state index in [2.05, 4.69) is 92.2 Å². The monoisotopic (exact) mass is 851 g/mol. The molecule has 4 heterocycles. The number of carbonyl (C=O) groups excluding carboxylic acids is 2. The fraction of sp³-hybridized carbons (Fsp3) is 0.391. The quantitative estimate of drug-likeness (QED) is 0.0576. The third kappa shape index (κ3) is 8.42. The number of methoxy groups -OCH3 is 1. The van der Waals surface area contributed by atoms with Gasteiger partial charge in [-0.05, 0) is 65.2 Å². The molecule has 0 bridgehead atoms. The fourth-order valence-corrected chi connectivity index (χ4v) is 14.4. The summed E-state index contributed by atoms with van der Waals surface area (Å²) in [6.45, 7) is 9.83. The van der Waals surface area contributed by atoms with Gasteiger partial charge in [0.25, 0.3) is 8.32 Å². The molecule has 0 N–H and O–H groups in total. The predicted octanol–water partition coefficient (Wildman–Crippen LogP) is 8.56. The van der Waals surface area contributed by atoms with E-state index in [4.69, 9.17) is 35.7 Å². The van der Waals surface area contributed by atoms with Crippen LogP contribution in [0.25, 0.3) is 22.0 Å². The number of benzene rings is 3. The van der Waals surface area contributed by atoms with Crippen molar-refractivity contribution in [1.29, 1.82) is 0 Å². The van der Waals surface area contributed by atoms with Gasteiger partial charge in [0.05, 0.1) is 47.9 Å². The number of esters is 2. The van der Waals surface area contributed by atoms with Crippen LogP contribution in [0.3, 0.4) is 0 Å². The molecule has 6 aromatic rings. The molecular formula is C46H54ClN5O5SSi.